The predicted molar refractivity (Wildman–Crippen MR) is 101 cm³/mol. The number of phenols is 1. The zero-order chi connectivity index (χ0) is 21.4. The minimum atomic E-state index is -1.77. The molecule has 1 saturated heterocycles. The minimum absolute atomic E-state index is 0.0981. The van der Waals surface area contributed by atoms with Crippen LogP contribution in [-0.2, 0) is 16.0 Å². The Morgan fingerprint density at radius 3 is 2.43 bits per heavy atom. The lowest BCUT2D eigenvalue weighted by Crippen LogP contribution is -2.61. The number of phenolic OH excluding ortho intramolecular Hbond substituents is 1. The smallest absolute Gasteiger partial charge is 0.335 e. The molecule has 0 aromatic heterocycles. The van der Waals surface area contributed by atoms with E-state index in [0.717, 1.165) is 17.5 Å². The second kappa shape index (κ2) is 8.11. The van der Waals surface area contributed by atoms with Crippen LogP contribution in [0.25, 0.3) is 0 Å². The van der Waals surface area contributed by atoms with E-state index in [-0.39, 0.29) is 11.7 Å². The van der Waals surface area contributed by atoms with E-state index in [9.17, 15) is 25.2 Å². The van der Waals surface area contributed by atoms with Gasteiger partial charge in [-0.25, -0.2) is 4.79 Å². The fourth-order valence-electron chi connectivity index (χ4n) is 3.68. The molecule has 2 heterocycles. The lowest BCUT2D eigenvalue weighted by molar-refractivity contribution is -0.271. The maximum atomic E-state index is 11.2. The lowest BCUT2D eigenvalue weighted by atomic mass is 9.90. The molecule has 5 N–H and O–H groups in total. The average molecular weight is 418 g/mol. The fourth-order valence-corrected chi connectivity index (χ4v) is 3.68. The Morgan fingerprint density at radius 2 is 1.73 bits per heavy atom. The van der Waals surface area contributed by atoms with Crippen LogP contribution < -0.4 is 9.47 Å². The van der Waals surface area contributed by atoms with Crippen molar-refractivity contribution >= 4 is 5.97 Å². The molecule has 0 saturated carbocycles. The van der Waals surface area contributed by atoms with Gasteiger partial charge in [0.25, 0.3) is 0 Å². The summed E-state index contributed by atoms with van der Waals surface area (Å²) >= 11 is 0. The number of carboxylic acids is 1. The van der Waals surface area contributed by atoms with Crippen LogP contribution in [0.1, 0.15) is 17.0 Å². The van der Waals surface area contributed by atoms with E-state index in [0.29, 0.717) is 18.1 Å². The van der Waals surface area contributed by atoms with Gasteiger partial charge in [-0.2, -0.15) is 0 Å². The Hall–Kier alpha value is -2.85. The van der Waals surface area contributed by atoms with Crippen LogP contribution >= 0.6 is 0 Å². The largest absolute Gasteiger partial charge is 0.508 e. The summed E-state index contributed by atoms with van der Waals surface area (Å²) in [6.45, 7) is 0.450. The highest BCUT2D eigenvalue weighted by Crippen LogP contribution is 2.35. The number of ether oxygens (including phenoxy) is 3. The van der Waals surface area contributed by atoms with Crippen LogP contribution in [0.5, 0.6) is 17.2 Å². The van der Waals surface area contributed by atoms with Gasteiger partial charge in [-0.1, -0.05) is 18.2 Å². The highest BCUT2D eigenvalue weighted by atomic mass is 16.7. The Kier molecular flexibility index (Phi) is 5.52. The first-order chi connectivity index (χ1) is 14.3. The van der Waals surface area contributed by atoms with Gasteiger partial charge in [0, 0.05) is 12.0 Å². The molecule has 2 aliphatic rings. The normalized spacial score (nSPS) is 30.8. The third kappa shape index (κ3) is 3.92. The van der Waals surface area contributed by atoms with Gasteiger partial charge in [0.05, 0.1) is 6.61 Å². The number of carbonyl (C=O) groups is 1. The number of aliphatic carboxylic acids is 1. The van der Waals surface area contributed by atoms with E-state index in [1.807, 2.05) is 18.2 Å². The first-order valence-corrected chi connectivity index (χ1v) is 9.47. The SMILES string of the molecule is O=C(O)C1OC(Oc2ccc(C3COc4cc(O)ccc4C3)cc2)C(O)C(O)C1O. The van der Waals surface area contributed by atoms with Crippen molar-refractivity contribution < 1.29 is 44.5 Å². The Bertz CT molecular complexity index is 913. The number of hydrogen-bond donors (Lipinski definition) is 5. The summed E-state index contributed by atoms with van der Waals surface area (Å²) in [5, 5.41) is 48.3. The van der Waals surface area contributed by atoms with E-state index in [1.165, 1.54) is 0 Å². The van der Waals surface area contributed by atoms with Gasteiger partial charge in [-0.05, 0) is 35.7 Å². The highest BCUT2D eigenvalue weighted by molar-refractivity contribution is 5.73. The van der Waals surface area contributed by atoms with Crippen LogP contribution in [0.2, 0.25) is 0 Å². The molecule has 0 spiro atoms. The third-order valence-corrected chi connectivity index (χ3v) is 5.37. The molecule has 9 heteroatoms. The van der Waals surface area contributed by atoms with E-state index in [4.69, 9.17) is 19.3 Å². The molecular formula is C21H22O9. The van der Waals surface area contributed by atoms with E-state index < -0.39 is 36.7 Å². The van der Waals surface area contributed by atoms with Crippen molar-refractivity contribution in [3.05, 3.63) is 53.6 Å². The van der Waals surface area contributed by atoms with E-state index in [2.05, 4.69) is 0 Å². The summed E-state index contributed by atoms with van der Waals surface area (Å²) < 4.78 is 16.4. The van der Waals surface area contributed by atoms with Crippen molar-refractivity contribution in [1.82, 2.24) is 0 Å². The van der Waals surface area contributed by atoms with Gasteiger partial charge in [-0.15, -0.1) is 0 Å². The van der Waals surface area contributed by atoms with Crippen molar-refractivity contribution in [1.29, 1.82) is 0 Å². The van der Waals surface area contributed by atoms with E-state index in [1.54, 1.807) is 24.3 Å². The van der Waals surface area contributed by atoms with Crippen molar-refractivity contribution in [2.24, 2.45) is 0 Å². The van der Waals surface area contributed by atoms with Crippen LogP contribution in [0.4, 0.5) is 0 Å². The van der Waals surface area contributed by atoms with Gasteiger partial charge in [0.15, 0.2) is 6.10 Å². The first-order valence-electron chi connectivity index (χ1n) is 9.47. The van der Waals surface area contributed by atoms with Crippen molar-refractivity contribution in [2.45, 2.75) is 43.0 Å². The maximum absolute atomic E-state index is 11.2. The molecule has 1 fully saturated rings. The molecule has 6 unspecified atom stereocenters. The van der Waals surface area contributed by atoms with E-state index >= 15 is 0 Å². The molecule has 160 valence electrons. The summed E-state index contributed by atoms with van der Waals surface area (Å²) in [6, 6.07) is 12.0. The summed E-state index contributed by atoms with van der Waals surface area (Å²) in [4.78, 5) is 11.2. The highest BCUT2D eigenvalue weighted by Gasteiger charge is 2.48. The zero-order valence-electron chi connectivity index (χ0n) is 15.8. The first kappa shape index (κ1) is 20.4. The molecule has 0 radical (unpaired) electrons. The number of rotatable bonds is 4. The number of benzene rings is 2. The van der Waals surface area contributed by atoms with Crippen LogP contribution in [0.3, 0.4) is 0 Å². The number of fused-ring (bicyclic) bond motifs is 1. The number of aromatic hydroxyl groups is 1. The van der Waals surface area contributed by atoms with Crippen LogP contribution in [0.15, 0.2) is 42.5 Å². The molecule has 0 aliphatic carbocycles. The number of carboxylic acid groups (broad SMARTS) is 1. The lowest BCUT2D eigenvalue weighted by Gasteiger charge is -2.38. The molecule has 2 aliphatic heterocycles. The zero-order valence-corrected chi connectivity index (χ0v) is 15.8. The summed E-state index contributed by atoms with van der Waals surface area (Å²) in [5.41, 5.74) is 1.99. The molecule has 9 nitrogen and oxygen atoms in total. The topological polar surface area (TPSA) is 146 Å². The second-order valence-corrected chi connectivity index (χ2v) is 7.43. The van der Waals surface area contributed by atoms with Crippen molar-refractivity contribution in [3.63, 3.8) is 0 Å². The number of hydrogen-bond acceptors (Lipinski definition) is 8. The summed E-state index contributed by atoms with van der Waals surface area (Å²) in [6.07, 6.45) is -7.53. The second-order valence-electron chi connectivity index (χ2n) is 7.43. The molecule has 2 aromatic rings. The Morgan fingerprint density at radius 1 is 1.00 bits per heavy atom. The standard InChI is InChI=1S/C21H22O9/c22-13-4-1-11-7-12(9-28-15(11)8-13)10-2-5-14(6-3-10)29-21-18(25)16(23)17(24)19(30-21)20(26)27/h1-6,8,12,16-19,21-25H,7,9H2,(H,26,27). The molecular weight excluding hydrogens is 396 g/mol. The third-order valence-electron chi connectivity index (χ3n) is 5.37. The monoisotopic (exact) mass is 418 g/mol. The van der Waals surface area contributed by atoms with Crippen molar-refractivity contribution in [3.8, 4) is 17.2 Å². The predicted octanol–water partition coefficient (Wildman–Crippen LogP) is 0.382. The maximum Gasteiger partial charge on any atom is 0.335 e. The van der Waals surface area contributed by atoms with Crippen molar-refractivity contribution in [2.75, 3.05) is 6.61 Å². The van der Waals surface area contributed by atoms with Gasteiger partial charge in [0.2, 0.25) is 6.29 Å². The molecule has 6 atom stereocenters. The minimum Gasteiger partial charge on any atom is -0.508 e. The number of aliphatic hydroxyl groups is 3. The quantitative estimate of drug-likeness (QED) is 0.476. The van der Waals surface area contributed by atoms with Gasteiger partial charge < -0.3 is 39.7 Å². The Labute approximate surface area is 171 Å². The molecule has 4 rings (SSSR count). The average Bonchev–Trinajstić information content (AvgIpc) is 2.74. The molecule has 0 bridgehead atoms. The summed E-state index contributed by atoms with van der Waals surface area (Å²) in [5.74, 6) is -0.242. The van der Waals surface area contributed by atoms with Crippen LogP contribution in [-0.4, -0.2) is 68.8 Å². The van der Waals surface area contributed by atoms with Gasteiger partial charge in [0.1, 0.15) is 35.6 Å². The molecule has 0 amide bonds. The van der Waals surface area contributed by atoms with Gasteiger partial charge >= 0.3 is 5.97 Å². The Balaban J connectivity index is 1.44. The fraction of sp³-hybridized carbons (Fsp3) is 0.381. The molecule has 30 heavy (non-hydrogen) atoms. The van der Waals surface area contributed by atoms with Gasteiger partial charge in [-0.3, -0.25) is 0 Å². The van der Waals surface area contributed by atoms with Crippen LogP contribution in [0, 0.1) is 0 Å². The number of aliphatic hydroxyl groups excluding tert-OH is 3. The summed E-state index contributed by atoms with van der Waals surface area (Å²) in [7, 11) is 0. The molecule has 2 aromatic carbocycles.